The standard InChI is InChI=1S/C21H27ClN8S/c1-3-4-19-26-29(15-28-11-9-27(2)10-12-28)21(31)30(19)24-14-17-13-23-25-20(17)16-5-7-18(22)8-6-16/h5-8,13-14H,3-4,9-12,15H2,1-2H3,(H,23,25)/b24-14+. The van der Waals surface area contributed by atoms with Crippen LogP contribution in [0.4, 0.5) is 0 Å². The molecule has 3 aromatic rings. The van der Waals surface area contributed by atoms with Gasteiger partial charge >= 0.3 is 0 Å². The van der Waals surface area contributed by atoms with Crippen molar-refractivity contribution in [2.45, 2.75) is 26.4 Å². The first-order chi connectivity index (χ1) is 15.0. The van der Waals surface area contributed by atoms with E-state index in [1.165, 1.54) is 0 Å². The molecule has 2 aromatic heterocycles. The van der Waals surface area contributed by atoms with E-state index in [-0.39, 0.29) is 0 Å². The maximum absolute atomic E-state index is 6.02. The highest BCUT2D eigenvalue weighted by Gasteiger charge is 2.17. The second-order valence-corrected chi connectivity index (χ2v) is 8.58. The van der Waals surface area contributed by atoms with Gasteiger partial charge in [-0.15, -0.1) is 0 Å². The fraction of sp³-hybridized carbons (Fsp3) is 0.429. The fourth-order valence-electron chi connectivity index (χ4n) is 3.57. The van der Waals surface area contributed by atoms with Crippen LogP contribution in [0.3, 0.4) is 0 Å². The maximum Gasteiger partial charge on any atom is 0.220 e. The molecule has 1 aliphatic rings. The summed E-state index contributed by atoms with van der Waals surface area (Å²) in [4.78, 5) is 4.71. The summed E-state index contributed by atoms with van der Waals surface area (Å²) in [6.07, 6.45) is 5.32. The molecule has 31 heavy (non-hydrogen) atoms. The van der Waals surface area contributed by atoms with E-state index in [0.717, 1.165) is 61.7 Å². The summed E-state index contributed by atoms with van der Waals surface area (Å²) >= 11 is 11.7. The van der Waals surface area contributed by atoms with Gasteiger partial charge in [0.2, 0.25) is 4.77 Å². The van der Waals surface area contributed by atoms with E-state index in [9.17, 15) is 0 Å². The number of benzene rings is 1. The molecule has 0 bridgehead atoms. The number of hydrogen-bond donors (Lipinski definition) is 1. The molecule has 10 heteroatoms. The third-order valence-electron chi connectivity index (χ3n) is 5.40. The summed E-state index contributed by atoms with van der Waals surface area (Å²) in [6, 6.07) is 7.62. The van der Waals surface area contributed by atoms with Gasteiger partial charge in [-0.3, -0.25) is 10.00 Å². The Balaban J connectivity index is 1.59. The maximum atomic E-state index is 6.02. The molecule has 4 rings (SSSR count). The van der Waals surface area contributed by atoms with Crippen molar-refractivity contribution in [2.75, 3.05) is 33.2 Å². The zero-order valence-electron chi connectivity index (χ0n) is 17.8. The van der Waals surface area contributed by atoms with Gasteiger partial charge in [-0.2, -0.15) is 20.0 Å². The lowest BCUT2D eigenvalue weighted by atomic mass is 10.1. The first-order valence-corrected chi connectivity index (χ1v) is 11.3. The molecule has 0 atom stereocenters. The molecule has 1 aromatic carbocycles. The number of nitrogens with zero attached hydrogens (tertiary/aromatic N) is 7. The lowest BCUT2D eigenvalue weighted by Crippen LogP contribution is -2.45. The van der Waals surface area contributed by atoms with Crippen LogP contribution in [0.15, 0.2) is 35.6 Å². The number of aryl methyl sites for hydroxylation is 1. The minimum absolute atomic E-state index is 0.607. The topological polar surface area (TPSA) is 70.3 Å². The molecular weight excluding hydrogens is 432 g/mol. The number of nitrogens with one attached hydrogen (secondary N) is 1. The van der Waals surface area contributed by atoms with Gasteiger partial charge in [0.15, 0.2) is 5.82 Å². The Morgan fingerprint density at radius 3 is 2.65 bits per heavy atom. The van der Waals surface area contributed by atoms with Gasteiger partial charge in [-0.05, 0) is 37.8 Å². The van der Waals surface area contributed by atoms with Crippen LogP contribution in [-0.4, -0.2) is 73.9 Å². The molecule has 1 aliphatic heterocycles. The largest absolute Gasteiger partial charge is 0.304 e. The van der Waals surface area contributed by atoms with Gasteiger partial charge in [0.05, 0.1) is 24.8 Å². The van der Waals surface area contributed by atoms with Gasteiger partial charge in [-0.1, -0.05) is 30.7 Å². The van der Waals surface area contributed by atoms with Crippen LogP contribution in [0.2, 0.25) is 5.02 Å². The molecule has 164 valence electrons. The van der Waals surface area contributed by atoms with Crippen molar-refractivity contribution in [3.05, 3.63) is 51.6 Å². The molecule has 3 heterocycles. The Bertz CT molecular complexity index is 1090. The average Bonchev–Trinajstić information content (AvgIpc) is 3.34. The van der Waals surface area contributed by atoms with Crippen LogP contribution in [0.1, 0.15) is 24.7 Å². The summed E-state index contributed by atoms with van der Waals surface area (Å²) in [5, 5.41) is 17.4. The Morgan fingerprint density at radius 2 is 1.94 bits per heavy atom. The summed E-state index contributed by atoms with van der Waals surface area (Å²) in [5.41, 5.74) is 2.75. The second kappa shape index (κ2) is 9.86. The highest BCUT2D eigenvalue weighted by Crippen LogP contribution is 2.22. The minimum Gasteiger partial charge on any atom is -0.304 e. The van der Waals surface area contributed by atoms with Gasteiger partial charge in [0.25, 0.3) is 0 Å². The zero-order valence-corrected chi connectivity index (χ0v) is 19.4. The quantitative estimate of drug-likeness (QED) is 0.433. The van der Waals surface area contributed by atoms with Crippen LogP contribution in [-0.2, 0) is 13.1 Å². The van der Waals surface area contributed by atoms with Crippen LogP contribution in [0.5, 0.6) is 0 Å². The van der Waals surface area contributed by atoms with Crippen LogP contribution >= 0.6 is 23.8 Å². The highest BCUT2D eigenvalue weighted by atomic mass is 35.5. The predicted molar refractivity (Wildman–Crippen MR) is 126 cm³/mol. The lowest BCUT2D eigenvalue weighted by molar-refractivity contribution is 0.118. The van der Waals surface area contributed by atoms with Gasteiger partial charge < -0.3 is 4.90 Å². The summed E-state index contributed by atoms with van der Waals surface area (Å²) in [7, 11) is 2.15. The Labute approximate surface area is 192 Å². The third-order valence-corrected chi connectivity index (χ3v) is 6.04. The first kappa shape index (κ1) is 21.9. The Kier molecular flexibility index (Phi) is 6.96. The van der Waals surface area contributed by atoms with Crippen molar-refractivity contribution >= 4 is 30.0 Å². The first-order valence-electron chi connectivity index (χ1n) is 10.5. The number of piperazine rings is 1. The number of halogens is 1. The molecule has 8 nitrogen and oxygen atoms in total. The van der Waals surface area contributed by atoms with Crippen molar-refractivity contribution in [1.82, 2.24) is 34.5 Å². The van der Waals surface area contributed by atoms with Crippen LogP contribution in [0.25, 0.3) is 11.3 Å². The molecule has 1 saturated heterocycles. The number of hydrogen-bond acceptors (Lipinski definition) is 6. The van der Waals surface area contributed by atoms with Gasteiger partial charge in [0, 0.05) is 48.7 Å². The van der Waals surface area contributed by atoms with E-state index >= 15 is 0 Å². The SMILES string of the molecule is CCCc1nn(CN2CCN(C)CC2)c(=S)n1/N=C/c1cn[nH]c1-c1ccc(Cl)cc1. The molecular formula is C21H27ClN8S. The Hall–Kier alpha value is -2.33. The lowest BCUT2D eigenvalue weighted by Gasteiger charge is -2.31. The van der Waals surface area contributed by atoms with E-state index in [1.807, 2.05) is 28.9 Å². The molecule has 1 N–H and O–H groups in total. The van der Waals surface area contributed by atoms with Crippen molar-refractivity contribution in [1.29, 1.82) is 0 Å². The third kappa shape index (κ3) is 5.12. The summed E-state index contributed by atoms with van der Waals surface area (Å²) in [5.74, 6) is 0.870. The van der Waals surface area contributed by atoms with Crippen molar-refractivity contribution in [2.24, 2.45) is 5.10 Å². The minimum atomic E-state index is 0.607. The zero-order chi connectivity index (χ0) is 21.8. The number of likely N-dealkylation sites (N-methyl/N-ethyl adjacent to an activating group) is 1. The van der Waals surface area contributed by atoms with Crippen LogP contribution in [0, 0.1) is 4.77 Å². The average molecular weight is 459 g/mol. The van der Waals surface area contributed by atoms with Crippen molar-refractivity contribution in [3.8, 4) is 11.3 Å². The van der Waals surface area contributed by atoms with E-state index < -0.39 is 0 Å². The van der Waals surface area contributed by atoms with E-state index in [2.05, 4.69) is 39.1 Å². The fourth-order valence-corrected chi connectivity index (χ4v) is 3.95. The monoisotopic (exact) mass is 458 g/mol. The van der Waals surface area contributed by atoms with Gasteiger partial charge in [-0.25, -0.2) is 4.68 Å². The Morgan fingerprint density at radius 1 is 1.19 bits per heavy atom. The summed E-state index contributed by atoms with van der Waals surface area (Å²) < 4.78 is 4.27. The van der Waals surface area contributed by atoms with Crippen LogP contribution < -0.4 is 0 Å². The number of H-pyrrole nitrogens is 1. The molecule has 0 aliphatic carbocycles. The highest BCUT2D eigenvalue weighted by molar-refractivity contribution is 7.71. The van der Waals surface area contributed by atoms with E-state index in [0.29, 0.717) is 16.5 Å². The van der Waals surface area contributed by atoms with E-state index in [1.54, 1.807) is 17.1 Å². The normalized spacial score (nSPS) is 15.8. The number of aromatic amines is 1. The second-order valence-electron chi connectivity index (χ2n) is 7.77. The predicted octanol–water partition coefficient (Wildman–Crippen LogP) is 3.50. The molecule has 0 amide bonds. The van der Waals surface area contributed by atoms with Crippen molar-refractivity contribution < 1.29 is 0 Å². The number of rotatable bonds is 7. The van der Waals surface area contributed by atoms with E-state index in [4.69, 9.17) is 28.9 Å². The van der Waals surface area contributed by atoms with Gasteiger partial charge in [0.1, 0.15) is 0 Å². The summed E-state index contributed by atoms with van der Waals surface area (Å²) in [6.45, 7) is 6.96. The molecule has 0 radical (unpaired) electrons. The van der Waals surface area contributed by atoms with Crippen molar-refractivity contribution in [3.63, 3.8) is 0 Å². The smallest absolute Gasteiger partial charge is 0.220 e. The molecule has 1 fully saturated rings. The molecule has 0 saturated carbocycles. The molecule has 0 unspecified atom stereocenters. The molecule has 0 spiro atoms. The number of aromatic nitrogens is 5.